The molecule has 2 N–H and O–H groups in total. The van der Waals surface area contributed by atoms with Crippen molar-refractivity contribution in [2.75, 3.05) is 37.7 Å². The molecule has 2 aromatic rings. The van der Waals surface area contributed by atoms with Crippen LogP contribution in [0.1, 0.15) is 59.5 Å². The third-order valence-corrected chi connectivity index (χ3v) is 7.96. The van der Waals surface area contributed by atoms with E-state index in [-0.39, 0.29) is 40.0 Å². The molecule has 3 amide bonds. The topological polar surface area (TPSA) is 108 Å². The largest absolute Gasteiger partial charge is 0.378 e. The Balaban J connectivity index is 1.23. The second-order valence-electron chi connectivity index (χ2n) is 9.84. The number of halogens is 3. The fourth-order valence-electron chi connectivity index (χ4n) is 5.60. The minimum atomic E-state index is -1.06. The van der Waals surface area contributed by atoms with Crippen molar-refractivity contribution >= 4 is 35.0 Å². The fraction of sp³-hybridized carbons (Fsp3) is 0.520. The predicted octanol–water partition coefficient (Wildman–Crippen LogP) is 3.30. The number of carbonyl (C=O) groups excluding carboxylic acids is 3. The highest BCUT2D eigenvalue weighted by Gasteiger charge is 2.47. The van der Waals surface area contributed by atoms with Gasteiger partial charge in [0.05, 0.1) is 30.3 Å². The Morgan fingerprint density at radius 3 is 2.54 bits per heavy atom. The Hall–Kier alpha value is -3.05. The molecule has 3 fully saturated rings. The zero-order valence-electron chi connectivity index (χ0n) is 20.2. The number of nitrogens with zero attached hydrogens (tertiary/aromatic N) is 3. The van der Waals surface area contributed by atoms with Gasteiger partial charge in [0.1, 0.15) is 5.69 Å². The van der Waals surface area contributed by atoms with Crippen LogP contribution < -0.4 is 10.2 Å². The van der Waals surface area contributed by atoms with Crippen molar-refractivity contribution in [1.82, 2.24) is 20.2 Å². The lowest BCUT2D eigenvalue weighted by molar-refractivity contribution is -0.132. The van der Waals surface area contributed by atoms with Crippen molar-refractivity contribution in [2.24, 2.45) is 5.41 Å². The third kappa shape index (κ3) is 4.94. The number of aromatic nitrogens is 2. The molecule has 12 heteroatoms. The summed E-state index contributed by atoms with van der Waals surface area (Å²) >= 11 is 6.15. The van der Waals surface area contributed by atoms with Crippen LogP contribution in [0, 0.1) is 17.0 Å². The van der Waals surface area contributed by atoms with Gasteiger partial charge in [0, 0.05) is 37.2 Å². The Bertz CT molecular complexity index is 1210. The van der Waals surface area contributed by atoms with Crippen LogP contribution in [0.4, 0.5) is 14.5 Å². The first kappa shape index (κ1) is 25.6. The molecule has 3 heterocycles. The molecular weight excluding hydrogens is 508 g/mol. The van der Waals surface area contributed by atoms with Crippen LogP contribution in [0.15, 0.2) is 18.5 Å². The molecule has 3 aliphatic rings. The summed E-state index contributed by atoms with van der Waals surface area (Å²) in [6.07, 6.45) is 4.93. The highest BCUT2D eigenvalue weighted by atomic mass is 35.5. The molecule has 198 valence electrons. The Kier molecular flexibility index (Phi) is 7.17. The molecule has 0 bridgehead atoms. The van der Waals surface area contributed by atoms with Gasteiger partial charge in [-0.1, -0.05) is 11.6 Å². The minimum absolute atomic E-state index is 0.00719. The second kappa shape index (κ2) is 10.4. The summed E-state index contributed by atoms with van der Waals surface area (Å²) in [4.78, 5) is 49.3. The number of anilines is 1. The molecule has 2 saturated heterocycles. The maximum Gasteiger partial charge on any atom is 0.275 e. The number of rotatable bonds is 4. The number of piperidine rings is 1. The van der Waals surface area contributed by atoms with Crippen molar-refractivity contribution in [3.63, 3.8) is 0 Å². The van der Waals surface area contributed by atoms with Gasteiger partial charge < -0.3 is 24.8 Å². The zero-order valence-corrected chi connectivity index (χ0v) is 21.0. The molecule has 0 atom stereocenters. The van der Waals surface area contributed by atoms with Gasteiger partial charge in [-0.05, 0) is 44.6 Å². The Labute approximate surface area is 217 Å². The number of morpholine rings is 1. The SMILES string of the molecule is O=C(N[C@H]1CC[C@]2(CCCN(c3cc(F)c(F)cc3Cl)C2=O)CC1)c1[nH]cnc1C(=O)N1CCOCC1. The van der Waals surface area contributed by atoms with Crippen LogP contribution >= 0.6 is 11.6 Å². The first-order valence-electron chi connectivity index (χ1n) is 12.5. The van der Waals surface area contributed by atoms with E-state index in [1.807, 2.05) is 0 Å². The number of nitrogens with one attached hydrogen (secondary N) is 2. The summed E-state index contributed by atoms with van der Waals surface area (Å²) in [5.74, 6) is -3.00. The smallest absolute Gasteiger partial charge is 0.275 e. The van der Waals surface area contributed by atoms with E-state index in [4.69, 9.17) is 16.3 Å². The molecule has 0 radical (unpaired) electrons. The van der Waals surface area contributed by atoms with Gasteiger partial charge in [0.25, 0.3) is 11.8 Å². The van der Waals surface area contributed by atoms with E-state index in [1.165, 1.54) is 11.2 Å². The summed E-state index contributed by atoms with van der Waals surface area (Å²) in [6, 6.07) is 1.68. The molecule has 5 rings (SSSR count). The molecular formula is C25H28ClF2N5O4. The number of ether oxygens (including phenoxy) is 1. The highest BCUT2D eigenvalue weighted by Crippen LogP contribution is 2.46. The second-order valence-corrected chi connectivity index (χ2v) is 10.2. The lowest BCUT2D eigenvalue weighted by atomic mass is 9.67. The lowest BCUT2D eigenvalue weighted by Gasteiger charge is -2.45. The van der Waals surface area contributed by atoms with E-state index in [0.29, 0.717) is 71.4 Å². The van der Waals surface area contributed by atoms with E-state index in [1.54, 1.807) is 4.90 Å². The number of imidazole rings is 1. The predicted molar refractivity (Wildman–Crippen MR) is 130 cm³/mol. The number of carbonyl (C=O) groups is 3. The molecule has 2 aliphatic heterocycles. The first-order chi connectivity index (χ1) is 17.8. The van der Waals surface area contributed by atoms with Crippen molar-refractivity contribution < 1.29 is 27.9 Å². The van der Waals surface area contributed by atoms with Gasteiger partial charge in [-0.2, -0.15) is 0 Å². The molecule has 0 unspecified atom stereocenters. The maximum atomic E-state index is 13.9. The minimum Gasteiger partial charge on any atom is -0.378 e. The Morgan fingerprint density at radius 2 is 1.81 bits per heavy atom. The van der Waals surface area contributed by atoms with E-state index in [2.05, 4.69) is 15.3 Å². The lowest BCUT2D eigenvalue weighted by Crippen LogP contribution is -2.52. The fourth-order valence-corrected chi connectivity index (χ4v) is 5.85. The van der Waals surface area contributed by atoms with E-state index in [9.17, 15) is 23.2 Å². The van der Waals surface area contributed by atoms with Gasteiger partial charge in [-0.3, -0.25) is 14.4 Å². The number of hydrogen-bond acceptors (Lipinski definition) is 5. The summed E-state index contributed by atoms with van der Waals surface area (Å²) in [5.41, 5.74) is -0.270. The van der Waals surface area contributed by atoms with Crippen molar-refractivity contribution in [1.29, 1.82) is 0 Å². The van der Waals surface area contributed by atoms with Crippen molar-refractivity contribution in [2.45, 2.75) is 44.6 Å². The zero-order chi connectivity index (χ0) is 26.2. The number of benzene rings is 1. The first-order valence-corrected chi connectivity index (χ1v) is 12.8. The van der Waals surface area contributed by atoms with Crippen LogP contribution in [0.25, 0.3) is 0 Å². The van der Waals surface area contributed by atoms with Crippen LogP contribution in [-0.2, 0) is 9.53 Å². The average molecular weight is 536 g/mol. The molecule has 1 spiro atoms. The van der Waals surface area contributed by atoms with Crippen molar-refractivity contribution in [3.05, 3.63) is 46.5 Å². The monoisotopic (exact) mass is 535 g/mol. The summed E-state index contributed by atoms with van der Waals surface area (Å²) in [6.45, 7) is 2.15. The van der Waals surface area contributed by atoms with Gasteiger partial charge >= 0.3 is 0 Å². The standard InChI is InChI=1S/C25H28ClF2N5O4/c26-16-12-17(27)18(28)13-19(16)33-7-1-4-25(24(33)36)5-2-15(3-6-25)31-22(34)20-21(30-14-29-20)23(35)32-8-10-37-11-9-32/h12-15H,1-11H2,(H,29,30)(H,31,34)/t15-,25+. The molecule has 1 aromatic heterocycles. The quantitative estimate of drug-likeness (QED) is 0.584. The van der Waals surface area contributed by atoms with Crippen LogP contribution in [-0.4, -0.2) is 71.5 Å². The highest BCUT2D eigenvalue weighted by molar-refractivity contribution is 6.33. The van der Waals surface area contributed by atoms with Crippen LogP contribution in [0.3, 0.4) is 0 Å². The molecule has 37 heavy (non-hydrogen) atoms. The summed E-state index contributed by atoms with van der Waals surface area (Å²) in [5, 5.41) is 2.97. The summed E-state index contributed by atoms with van der Waals surface area (Å²) < 4.78 is 32.7. The van der Waals surface area contributed by atoms with Gasteiger partial charge in [-0.15, -0.1) is 0 Å². The molecule has 1 aliphatic carbocycles. The molecule has 1 saturated carbocycles. The summed E-state index contributed by atoms with van der Waals surface area (Å²) in [7, 11) is 0. The molecule has 1 aromatic carbocycles. The number of hydrogen-bond donors (Lipinski definition) is 2. The maximum absolute atomic E-state index is 13.9. The number of amides is 3. The average Bonchev–Trinajstić information content (AvgIpc) is 3.40. The van der Waals surface area contributed by atoms with Crippen molar-refractivity contribution in [3.8, 4) is 0 Å². The number of H-pyrrole nitrogens is 1. The van der Waals surface area contributed by atoms with E-state index in [0.717, 1.165) is 12.1 Å². The van der Waals surface area contributed by atoms with Gasteiger partial charge in [0.15, 0.2) is 17.3 Å². The number of aromatic amines is 1. The Morgan fingerprint density at radius 1 is 1.11 bits per heavy atom. The normalized spacial score (nSPS) is 24.4. The third-order valence-electron chi connectivity index (χ3n) is 7.66. The molecule has 9 nitrogen and oxygen atoms in total. The van der Waals surface area contributed by atoms with E-state index < -0.39 is 23.0 Å². The van der Waals surface area contributed by atoms with E-state index >= 15 is 0 Å². The van der Waals surface area contributed by atoms with Gasteiger partial charge in [-0.25, -0.2) is 13.8 Å². The van der Waals surface area contributed by atoms with Crippen LogP contribution in [0.2, 0.25) is 5.02 Å². The van der Waals surface area contributed by atoms with Gasteiger partial charge in [0.2, 0.25) is 5.91 Å². The van der Waals surface area contributed by atoms with Crippen LogP contribution in [0.5, 0.6) is 0 Å².